The van der Waals surface area contributed by atoms with Crippen LogP contribution in [0.2, 0.25) is 0 Å². The van der Waals surface area contributed by atoms with Gasteiger partial charge in [-0.3, -0.25) is 9.78 Å². The van der Waals surface area contributed by atoms with Gasteiger partial charge in [0.05, 0.1) is 12.2 Å². The minimum Gasteiger partial charge on any atom is -0.388 e. The quantitative estimate of drug-likeness (QED) is 0.733. The van der Waals surface area contributed by atoms with Gasteiger partial charge in [0.15, 0.2) is 0 Å². The van der Waals surface area contributed by atoms with Gasteiger partial charge in [-0.25, -0.2) is 4.79 Å². The molecule has 0 aromatic carbocycles. The van der Waals surface area contributed by atoms with E-state index in [1.165, 1.54) is 5.56 Å². The highest BCUT2D eigenvalue weighted by Crippen LogP contribution is 2.59. The van der Waals surface area contributed by atoms with E-state index >= 15 is 0 Å². The molecule has 3 heterocycles. The number of fused-ring (bicyclic) bond motifs is 1. The predicted octanol–water partition coefficient (Wildman–Crippen LogP) is 1.52. The molecule has 1 aromatic rings. The Hall–Kier alpha value is -2.19. The van der Waals surface area contributed by atoms with E-state index in [9.17, 15) is 14.7 Å². The van der Waals surface area contributed by atoms with Crippen molar-refractivity contribution >= 4 is 11.9 Å². The molecule has 3 aliphatic rings. The average molecular weight is 417 g/mol. The van der Waals surface area contributed by atoms with Crippen LogP contribution in [0.3, 0.4) is 0 Å². The van der Waals surface area contributed by atoms with Gasteiger partial charge in [-0.15, -0.1) is 0 Å². The topological polar surface area (TPSA) is 95.0 Å². The molecule has 1 spiro atoms. The van der Waals surface area contributed by atoms with Crippen molar-refractivity contribution in [2.75, 3.05) is 32.8 Å². The first-order valence-electron chi connectivity index (χ1n) is 10.8. The number of likely N-dealkylation sites (tertiary alicyclic amines) is 1. The third kappa shape index (κ3) is 4.75. The van der Waals surface area contributed by atoms with E-state index in [2.05, 4.69) is 10.3 Å². The molecule has 2 aliphatic heterocycles. The highest BCUT2D eigenvalue weighted by atomic mass is 16.5. The average Bonchev–Trinajstić information content (AvgIpc) is 3.18. The van der Waals surface area contributed by atoms with Crippen LogP contribution in [0.5, 0.6) is 0 Å². The summed E-state index contributed by atoms with van der Waals surface area (Å²) < 4.78 is 5.34. The summed E-state index contributed by atoms with van der Waals surface area (Å²) in [6.45, 7) is 6.94. The van der Waals surface area contributed by atoms with Crippen molar-refractivity contribution in [2.45, 2.75) is 51.8 Å². The Kier molecular flexibility index (Phi) is 5.72. The van der Waals surface area contributed by atoms with Crippen molar-refractivity contribution in [3.8, 4) is 0 Å². The van der Waals surface area contributed by atoms with Gasteiger partial charge in [-0.2, -0.15) is 0 Å². The first-order valence-corrected chi connectivity index (χ1v) is 10.8. The standard InChI is InChI=1S/C22H32N4O4/c1-21(2,29)15-30-14-19(27)25-7-4-22(5-8-25)9-18(22)11-24-20(28)26-12-16-3-6-23-10-17(16)13-26/h3,6,10,18,29H,4-5,7-9,11-15H2,1-2H3,(H,24,28). The second kappa shape index (κ2) is 8.15. The maximum absolute atomic E-state index is 12.5. The fourth-order valence-electron chi connectivity index (χ4n) is 4.70. The van der Waals surface area contributed by atoms with Crippen molar-refractivity contribution in [3.63, 3.8) is 0 Å². The molecule has 2 fully saturated rings. The number of amides is 3. The number of aromatic nitrogens is 1. The Morgan fingerprint density at radius 2 is 2.00 bits per heavy atom. The molecule has 1 atom stereocenters. The van der Waals surface area contributed by atoms with Crippen LogP contribution >= 0.6 is 0 Å². The smallest absolute Gasteiger partial charge is 0.318 e. The molecule has 4 rings (SSSR count). The van der Waals surface area contributed by atoms with E-state index in [1.54, 1.807) is 20.0 Å². The van der Waals surface area contributed by atoms with Crippen molar-refractivity contribution in [1.29, 1.82) is 0 Å². The van der Waals surface area contributed by atoms with E-state index in [4.69, 9.17) is 4.74 Å². The first kappa shape index (κ1) is 21.1. The Labute approximate surface area is 177 Å². The number of nitrogens with zero attached hydrogens (tertiary/aromatic N) is 3. The van der Waals surface area contributed by atoms with E-state index < -0.39 is 5.60 Å². The SMILES string of the molecule is CC(C)(O)COCC(=O)N1CCC2(CC1)CC2CNC(=O)N1Cc2ccncc2C1. The van der Waals surface area contributed by atoms with Gasteiger partial charge in [0.2, 0.25) is 5.91 Å². The van der Waals surface area contributed by atoms with Gasteiger partial charge >= 0.3 is 6.03 Å². The number of aliphatic hydroxyl groups is 1. The molecule has 1 saturated carbocycles. The zero-order valence-corrected chi connectivity index (χ0v) is 17.9. The Balaban J connectivity index is 1.16. The van der Waals surface area contributed by atoms with Crippen molar-refractivity contribution in [1.82, 2.24) is 20.1 Å². The van der Waals surface area contributed by atoms with Gasteiger partial charge < -0.3 is 25.0 Å². The van der Waals surface area contributed by atoms with Crippen molar-refractivity contribution in [3.05, 3.63) is 29.6 Å². The number of carbonyl (C=O) groups is 2. The second-order valence-corrected chi connectivity index (χ2v) is 9.64. The van der Waals surface area contributed by atoms with Gasteiger partial charge in [0.1, 0.15) is 6.61 Å². The van der Waals surface area contributed by atoms with Gasteiger partial charge in [-0.1, -0.05) is 0 Å². The third-order valence-electron chi connectivity index (χ3n) is 6.67. The minimum atomic E-state index is -0.924. The number of piperidine rings is 1. The second-order valence-electron chi connectivity index (χ2n) is 9.64. The van der Waals surface area contributed by atoms with Crippen LogP contribution in [0.1, 0.15) is 44.2 Å². The monoisotopic (exact) mass is 416 g/mol. The lowest BCUT2D eigenvalue weighted by atomic mass is 9.91. The van der Waals surface area contributed by atoms with Gasteiger partial charge in [0.25, 0.3) is 0 Å². The van der Waals surface area contributed by atoms with Gasteiger partial charge in [-0.05, 0) is 61.6 Å². The van der Waals surface area contributed by atoms with Crippen LogP contribution in [-0.2, 0) is 22.6 Å². The number of carbonyl (C=O) groups excluding carboxylic acids is 2. The number of hydrogen-bond donors (Lipinski definition) is 2. The summed E-state index contributed by atoms with van der Waals surface area (Å²) in [6.07, 6.45) is 6.68. The molecule has 164 valence electrons. The summed E-state index contributed by atoms with van der Waals surface area (Å²) >= 11 is 0. The zero-order chi connectivity index (χ0) is 21.4. The molecule has 8 nitrogen and oxygen atoms in total. The van der Waals surface area contributed by atoms with Crippen LogP contribution in [0.25, 0.3) is 0 Å². The maximum Gasteiger partial charge on any atom is 0.318 e. The van der Waals surface area contributed by atoms with Crippen LogP contribution in [0.4, 0.5) is 4.79 Å². The summed E-state index contributed by atoms with van der Waals surface area (Å²) in [5, 5.41) is 12.8. The number of urea groups is 1. The lowest BCUT2D eigenvalue weighted by Crippen LogP contribution is -2.43. The Bertz CT molecular complexity index is 774. The minimum absolute atomic E-state index is 0.00943. The molecule has 3 amide bonds. The molecular weight excluding hydrogens is 384 g/mol. The molecule has 1 unspecified atom stereocenters. The lowest BCUT2D eigenvalue weighted by Gasteiger charge is -2.33. The number of pyridine rings is 1. The highest BCUT2D eigenvalue weighted by Gasteiger charge is 2.54. The normalized spacial score (nSPS) is 22.2. The fraction of sp³-hybridized carbons (Fsp3) is 0.682. The first-order chi connectivity index (χ1) is 14.3. The van der Waals surface area contributed by atoms with E-state index in [1.807, 2.05) is 22.1 Å². The molecule has 2 N–H and O–H groups in total. The van der Waals surface area contributed by atoms with E-state index in [-0.39, 0.29) is 30.6 Å². The molecule has 1 saturated heterocycles. The number of rotatable bonds is 6. The summed E-state index contributed by atoms with van der Waals surface area (Å²) in [4.78, 5) is 32.7. The highest BCUT2D eigenvalue weighted by molar-refractivity contribution is 5.77. The fourth-order valence-corrected chi connectivity index (χ4v) is 4.70. The molecule has 0 bridgehead atoms. The maximum atomic E-state index is 12.5. The molecule has 1 aliphatic carbocycles. The lowest BCUT2D eigenvalue weighted by molar-refractivity contribution is -0.140. The third-order valence-corrected chi connectivity index (χ3v) is 6.67. The van der Waals surface area contributed by atoms with Gasteiger partial charge in [0, 0.05) is 45.1 Å². The molecule has 8 heteroatoms. The summed E-state index contributed by atoms with van der Waals surface area (Å²) in [5.41, 5.74) is 1.65. The predicted molar refractivity (Wildman–Crippen MR) is 110 cm³/mol. The van der Waals surface area contributed by atoms with E-state index in [0.29, 0.717) is 25.6 Å². The molecule has 30 heavy (non-hydrogen) atoms. The van der Waals surface area contributed by atoms with Crippen molar-refractivity contribution in [2.24, 2.45) is 11.3 Å². The molecule has 1 aromatic heterocycles. The van der Waals surface area contributed by atoms with Crippen LogP contribution < -0.4 is 5.32 Å². The Morgan fingerprint density at radius 1 is 1.27 bits per heavy atom. The number of nitrogens with one attached hydrogen (secondary N) is 1. The number of hydrogen-bond acceptors (Lipinski definition) is 5. The zero-order valence-electron chi connectivity index (χ0n) is 17.9. The van der Waals surface area contributed by atoms with E-state index in [0.717, 1.165) is 37.9 Å². The van der Waals surface area contributed by atoms with Crippen molar-refractivity contribution < 1.29 is 19.4 Å². The summed E-state index contributed by atoms with van der Waals surface area (Å²) in [6, 6.07) is 1.97. The molecular formula is C22H32N4O4. The summed E-state index contributed by atoms with van der Waals surface area (Å²) in [5.74, 6) is 0.486. The molecule has 0 radical (unpaired) electrons. The number of ether oxygens (including phenoxy) is 1. The van der Waals surface area contributed by atoms with Crippen LogP contribution in [0.15, 0.2) is 18.5 Å². The van der Waals surface area contributed by atoms with Crippen LogP contribution in [-0.4, -0.2) is 70.3 Å². The van der Waals surface area contributed by atoms with Crippen LogP contribution in [0, 0.1) is 11.3 Å². The summed E-state index contributed by atoms with van der Waals surface area (Å²) in [7, 11) is 0. The largest absolute Gasteiger partial charge is 0.388 e. The Morgan fingerprint density at radius 3 is 2.70 bits per heavy atom.